The number of rotatable bonds is 7. The number of carbonyl (C=O) groups is 2. The molecule has 0 radical (unpaired) electrons. The number of amides is 2. The van der Waals surface area contributed by atoms with Crippen molar-refractivity contribution in [2.75, 3.05) is 36.4 Å². The topological polar surface area (TPSA) is 52.7 Å². The zero-order chi connectivity index (χ0) is 19.8. The molecule has 0 aliphatic carbocycles. The van der Waals surface area contributed by atoms with Crippen molar-refractivity contribution in [1.29, 1.82) is 0 Å². The number of hydrogen-bond donors (Lipinski definition) is 1. The molecule has 2 aromatic rings. The number of unbranched alkanes of at least 4 members (excludes halogenated alkanes) is 1. The fourth-order valence-corrected chi connectivity index (χ4v) is 3.52. The molecule has 1 fully saturated rings. The van der Waals surface area contributed by atoms with Crippen LogP contribution < -0.4 is 10.2 Å². The van der Waals surface area contributed by atoms with Crippen molar-refractivity contribution >= 4 is 23.2 Å². The maximum absolute atomic E-state index is 12.2. The molecule has 0 unspecified atom stereocenters. The SMILES string of the molecule is CC(=O)N1CCN(c2ccc(NC(=O)CCCCc3ccccc3)cc2)CC1. The molecule has 1 aliphatic heterocycles. The molecule has 0 bridgehead atoms. The van der Waals surface area contributed by atoms with E-state index >= 15 is 0 Å². The van der Waals surface area contributed by atoms with Gasteiger partial charge in [0.05, 0.1) is 0 Å². The number of hydrogen-bond acceptors (Lipinski definition) is 3. The highest BCUT2D eigenvalue weighted by Gasteiger charge is 2.18. The molecule has 1 aliphatic rings. The van der Waals surface area contributed by atoms with Crippen LogP contribution in [0.4, 0.5) is 11.4 Å². The average Bonchev–Trinajstić information content (AvgIpc) is 2.73. The number of anilines is 2. The van der Waals surface area contributed by atoms with E-state index in [9.17, 15) is 9.59 Å². The summed E-state index contributed by atoms with van der Waals surface area (Å²) >= 11 is 0. The van der Waals surface area contributed by atoms with Gasteiger partial charge in [0, 0.05) is 50.9 Å². The van der Waals surface area contributed by atoms with Crippen molar-refractivity contribution in [3.05, 3.63) is 60.2 Å². The molecule has 2 amide bonds. The lowest BCUT2D eigenvalue weighted by Gasteiger charge is -2.35. The van der Waals surface area contributed by atoms with E-state index in [4.69, 9.17) is 0 Å². The van der Waals surface area contributed by atoms with Crippen LogP contribution in [0.25, 0.3) is 0 Å². The van der Waals surface area contributed by atoms with E-state index in [1.807, 2.05) is 35.2 Å². The summed E-state index contributed by atoms with van der Waals surface area (Å²) in [6, 6.07) is 18.4. The Balaban J connectivity index is 1.39. The van der Waals surface area contributed by atoms with Gasteiger partial charge in [0.2, 0.25) is 11.8 Å². The normalized spacial score (nSPS) is 14.0. The van der Waals surface area contributed by atoms with Crippen molar-refractivity contribution in [1.82, 2.24) is 4.90 Å². The van der Waals surface area contributed by atoms with Crippen LogP contribution in [0.3, 0.4) is 0 Å². The molecular weight excluding hydrogens is 350 g/mol. The molecular formula is C23H29N3O2. The third-order valence-electron chi connectivity index (χ3n) is 5.20. The van der Waals surface area contributed by atoms with Crippen molar-refractivity contribution in [2.45, 2.75) is 32.6 Å². The smallest absolute Gasteiger partial charge is 0.224 e. The highest BCUT2D eigenvalue weighted by atomic mass is 16.2. The van der Waals surface area contributed by atoms with E-state index in [1.54, 1.807) is 6.92 Å². The number of carbonyl (C=O) groups excluding carboxylic acids is 2. The van der Waals surface area contributed by atoms with Gasteiger partial charge in [-0.25, -0.2) is 0 Å². The minimum atomic E-state index is 0.0656. The largest absolute Gasteiger partial charge is 0.368 e. The summed E-state index contributed by atoms with van der Waals surface area (Å²) in [6.45, 7) is 4.82. The van der Waals surface area contributed by atoms with Crippen LogP contribution in [0.1, 0.15) is 31.7 Å². The van der Waals surface area contributed by atoms with Crippen molar-refractivity contribution < 1.29 is 9.59 Å². The van der Waals surface area contributed by atoms with Gasteiger partial charge in [-0.05, 0) is 49.1 Å². The van der Waals surface area contributed by atoms with Gasteiger partial charge in [0.25, 0.3) is 0 Å². The zero-order valence-corrected chi connectivity index (χ0v) is 16.6. The first-order chi connectivity index (χ1) is 13.6. The average molecular weight is 380 g/mol. The van der Waals surface area contributed by atoms with Crippen LogP contribution in [0.15, 0.2) is 54.6 Å². The van der Waals surface area contributed by atoms with Crippen LogP contribution >= 0.6 is 0 Å². The molecule has 2 aromatic carbocycles. The summed E-state index contributed by atoms with van der Waals surface area (Å²) in [4.78, 5) is 27.7. The molecule has 5 nitrogen and oxygen atoms in total. The fraction of sp³-hybridized carbons (Fsp3) is 0.391. The highest BCUT2D eigenvalue weighted by molar-refractivity contribution is 5.90. The van der Waals surface area contributed by atoms with Gasteiger partial charge < -0.3 is 15.1 Å². The van der Waals surface area contributed by atoms with Crippen LogP contribution in [0.5, 0.6) is 0 Å². The molecule has 28 heavy (non-hydrogen) atoms. The fourth-order valence-electron chi connectivity index (χ4n) is 3.52. The van der Waals surface area contributed by atoms with E-state index < -0.39 is 0 Å². The summed E-state index contributed by atoms with van der Waals surface area (Å²) < 4.78 is 0. The number of aryl methyl sites for hydroxylation is 1. The lowest BCUT2D eigenvalue weighted by molar-refractivity contribution is -0.129. The zero-order valence-electron chi connectivity index (χ0n) is 16.6. The summed E-state index contributed by atoms with van der Waals surface area (Å²) in [5.41, 5.74) is 3.28. The lowest BCUT2D eigenvalue weighted by Crippen LogP contribution is -2.48. The summed E-state index contributed by atoms with van der Waals surface area (Å²) in [5, 5.41) is 2.98. The van der Waals surface area contributed by atoms with Gasteiger partial charge in [-0.15, -0.1) is 0 Å². The van der Waals surface area contributed by atoms with Gasteiger partial charge in [0.1, 0.15) is 0 Å². The number of nitrogens with zero attached hydrogens (tertiary/aromatic N) is 2. The number of benzene rings is 2. The van der Waals surface area contributed by atoms with E-state index in [0.717, 1.165) is 56.8 Å². The Labute approximate surface area is 167 Å². The Morgan fingerprint density at radius 1 is 0.893 bits per heavy atom. The summed E-state index contributed by atoms with van der Waals surface area (Å²) in [5.74, 6) is 0.206. The molecule has 3 rings (SSSR count). The van der Waals surface area contributed by atoms with Gasteiger partial charge in [-0.1, -0.05) is 30.3 Å². The first-order valence-corrected chi connectivity index (χ1v) is 10.1. The molecule has 0 aromatic heterocycles. The van der Waals surface area contributed by atoms with Gasteiger partial charge in [-0.3, -0.25) is 9.59 Å². The van der Waals surface area contributed by atoms with Gasteiger partial charge in [0.15, 0.2) is 0 Å². The molecule has 0 spiro atoms. The van der Waals surface area contributed by atoms with E-state index in [0.29, 0.717) is 6.42 Å². The van der Waals surface area contributed by atoms with Crippen molar-refractivity contribution in [2.24, 2.45) is 0 Å². The quantitative estimate of drug-likeness (QED) is 0.746. The second-order valence-electron chi connectivity index (χ2n) is 7.28. The van der Waals surface area contributed by atoms with Crippen LogP contribution in [-0.2, 0) is 16.0 Å². The summed E-state index contributed by atoms with van der Waals surface area (Å²) in [6.07, 6.45) is 3.46. The Hall–Kier alpha value is -2.82. The highest BCUT2D eigenvalue weighted by Crippen LogP contribution is 2.20. The first-order valence-electron chi connectivity index (χ1n) is 10.1. The van der Waals surface area contributed by atoms with Crippen molar-refractivity contribution in [3.8, 4) is 0 Å². The third-order valence-corrected chi connectivity index (χ3v) is 5.20. The minimum Gasteiger partial charge on any atom is -0.368 e. The Kier molecular flexibility index (Phi) is 7.06. The number of nitrogens with one attached hydrogen (secondary N) is 1. The predicted molar refractivity (Wildman–Crippen MR) is 114 cm³/mol. The molecule has 1 heterocycles. The Morgan fingerprint density at radius 3 is 2.21 bits per heavy atom. The molecule has 0 atom stereocenters. The second-order valence-corrected chi connectivity index (χ2v) is 7.28. The maximum Gasteiger partial charge on any atom is 0.224 e. The van der Waals surface area contributed by atoms with E-state index in [-0.39, 0.29) is 11.8 Å². The summed E-state index contributed by atoms with van der Waals surface area (Å²) in [7, 11) is 0. The maximum atomic E-state index is 12.2. The predicted octanol–water partition coefficient (Wildman–Crippen LogP) is 3.71. The second kappa shape index (κ2) is 9.93. The molecule has 1 saturated heterocycles. The number of piperazine rings is 1. The standard InChI is InChI=1S/C23H29N3O2/c1-19(27)25-15-17-26(18-16-25)22-13-11-21(12-14-22)24-23(28)10-6-5-9-20-7-3-2-4-8-20/h2-4,7-8,11-14H,5-6,9-10,15-18H2,1H3,(H,24,28). The van der Waals surface area contributed by atoms with Crippen molar-refractivity contribution in [3.63, 3.8) is 0 Å². The third kappa shape index (κ3) is 5.84. The minimum absolute atomic E-state index is 0.0656. The Morgan fingerprint density at radius 2 is 1.57 bits per heavy atom. The van der Waals surface area contributed by atoms with E-state index in [1.165, 1.54) is 5.56 Å². The van der Waals surface area contributed by atoms with Crippen LogP contribution in [0, 0.1) is 0 Å². The van der Waals surface area contributed by atoms with E-state index in [2.05, 4.69) is 34.5 Å². The molecule has 0 saturated carbocycles. The van der Waals surface area contributed by atoms with Crippen LogP contribution in [0.2, 0.25) is 0 Å². The van der Waals surface area contributed by atoms with Gasteiger partial charge >= 0.3 is 0 Å². The van der Waals surface area contributed by atoms with Crippen LogP contribution in [-0.4, -0.2) is 42.9 Å². The molecule has 148 valence electrons. The Bertz CT molecular complexity index is 766. The first kappa shape index (κ1) is 19.9. The molecule has 1 N–H and O–H groups in total. The monoisotopic (exact) mass is 379 g/mol. The molecule has 5 heteroatoms. The lowest BCUT2D eigenvalue weighted by atomic mass is 10.1. The van der Waals surface area contributed by atoms with Gasteiger partial charge in [-0.2, -0.15) is 0 Å².